The van der Waals surface area contributed by atoms with Gasteiger partial charge in [0, 0.05) is 31.7 Å². The van der Waals surface area contributed by atoms with Crippen molar-refractivity contribution in [1.29, 1.82) is 0 Å². The molecule has 0 spiro atoms. The van der Waals surface area contributed by atoms with Crippen molar-refractivity contribution in [3.63, 3.8) is 0 Å². The van der Waals surface area contributed by atoms with Crippen molar-refractivity contribution in [2.45, 2.75) is 37.4 Å². The van der Waals surface area contributed by atoms with E-state index in [-0.39, 0.29) is 41.9 Å². The lowest BCUT2D eigenvalue weighted by atomic mass is 10.2. The van der Waals surface area contributed by atoms with Crippen molar-refractivity contribution < 1.29 is 27.5 Å². The van der Waals surface area contributed by atoms with E-state index in [1.165, 1.54) is 23.5 Å². The van der Waals surface area contributed by atoms with Crippen molar-refractivity contribution in [3.05, 3.63) is 54.1 Å². The Bertz CT molecular complexity index is 1080. The molecule has 0 bridgehead atoms. The maximum atomic E-state index is 12.9. The molecule has 3 rings (SSSR count). The van der Waals surface area contributed by atoms with Gasteiger partial charge in [0.15, 0.2) is 0 Å². The van der Waals surface area contributed by atoms with E-state index in [2.05, 4.69) is 10.6 Å². The Morgan fingerprint density at radius 3 is 2.33 bits per heavy atom. The molecule has 33 heavy (non-hydrogen) atoms. The molecule has 2 N–H and O–H groups in total. The summed E-state index contributed by atoms with van der Waals surface area (Å²) in [5, 5.41) is 5.39. The average molecular weight is 476 g/mol. The number of methoxy groups -OCH3 is 1. The van der Waals surface area contributed by atoms with Crippen molar-refractivity contribution in [3.8, 4) is 5.75 Å². The Morgan fingerprint density at radius 2 is 1.70 bits per heavy atom. The molecule has 1 aliphatic rings. The van der Waals surface area contributed by atoms with E-state index in [0.717, 1.165) is 0 Å². The lowest BCUT2D eigenvalue weighted by Gasteiger charge is -2.34. The molecular weight excluding hydrogens is 446 g/mol. The number of para-hydroxylation sites is 1. The zero-order valence-electron chi connectivity index (χ0n) is 18.9. The Morgan fingerprint density at radius 1 is 1.06 bits per heavy atom. The highest BCUT2D eigenvalue weighted by atomic mass is 32.2. The molecule has 10 heteroatoms. The molecule has 1 fully saturated rings. The third-order valence-electron chi connectivity index (χ3n) is 5.15. The highest BCUT2D eigenvalue weighted by molar-refractivity contribution is 7.89. The van der Waals surface area contributed by atoms with Crippen LogP contribution in [0.15, 0.2) is 53.4 Å². The summed E-state index contributed by atoms with van der Waals surface area (Å²) < 4.78 is 38.0. The molecule has 2 aromatic carbocycles. The van der Waals surface area contributed by atoms with Crippen LogP contribution in [0.5, 0.6) is 5.75 Å². The Balaban J connectivity index is 1.52. The second-order valence-corrected chi connectivity index (χ2v) is 9.80. The first-order valence-corrected chi connectivity index (χ1v) is 12.1. The minimum Gasteiger partial charge on any atom is -0.496 e. The number of sulfonamides is 1. The second kappa shape index (κ2) is 10.8. The fourth-order valence-electron chi connectivity index (χ4n) is 3.63. The van der Waals surface area contributed by atoms with Crippen LogP contribution in [0.4, 0.5) is 5.69 Å². The molecule has 1 heterocycles. The average Bonchev–Trinajstić information content (AvgIpc) is 2.78. The van der Waals surface area contributed by atoms with Crippen LogP contribution in [-0.2, 0) is 19.6 Å². The van der Waals surface area contributed by atoms with Crippen LogP contribution in [-0.4, -0.2) is 63.5 Å². The van der Waals surface area contributed by atoms with Crippen LogP contribution < -0.4 is 15.4 Å². The topological polar surface area (TPSA) is 114 Å². The number of anilines is 1. The number of hydrogen-bond acceptors (Lipinski definition) is 6. The Kier molecular flexibility index (Phi) is 8.06. The Labute approximate surface area is 194 Å². The van der Waals surface area contributed by atoms with E-state index in [9.17, 15) is 18.0 Å². The summed E-state index contributed by atoms with van der Waals surface area (Å²) in [5.74, 6) is -0.182. The lowest BCUT2D eigenvalue weighted by molar-refractivity contribution is -0.116. The summed E-state index contributed by atoms with van der Waals surface area (Å²) in [5.41, 5.74) is 0.861. The minimum atomic E-state index is -3.65. The number of carbonyl (C=O) groups excluding carboxylic acids is 2. The van der Waals surface area contributed by atoms with Gasteiger partial charge >= 0.3 is 0 Å². The smallest absolute Gasteiger partial charge is 0.255 e. The number of morpholine rings is 1. The maximum absolute atomic E-state index is 12.9. The van der Waals surface area contributed by atoms with E-state index in [1.807, 2.05) is 13.8 Å². The molecule has 0 radical (unpaired) electrons. The van der Waals surface area contributed by atoms with Gasteiger partial charge in [0.1, 0.15) is 5.75 Å². The summed E-state index contributed by atoms with van der Waals surface area (Å²) >= 11 is 0. The molecule has 0 unspecified atom stereocenters. The highest BCUT2D eigenvalue weighted by Gasteiger charge is 2.32. The number of nitrogens with zero attached hydrogens (tertiary/aromatic N) is 1. The van der Waals surface area contributed by atoms with E-state index in [0.29, 0.717) is 30.1 Å². The van der Waals surface area contributed by atoms with E-state index >= 15 is 0 Å². The molecule has 2 aromatic rings. The van der Waals surface area contributed by atoms with Gasteiger partial charge in [-0.05, 0) is 50.2 Å². The number of nitrogens with one attached hydrogen (secondary N) is 2. The van der Waals surface area contributed by atoms with Crippen molar-refractivity contribution in [2.24, 2.45) is 0 Å². The molecule has 0 aromatic heterocycles. The zero-order valence-corrected chi connectivity index (χ0v) is 19.7. The zero-order chi connectivity index (χ0) is 24.0. The third-order valence-corrected chi connectivity index (χ3v) is 7.00. The predicted octanol–water partition coefficient (Wildman–Crippen LogP) is 2.25. The first-order valence-electron chi connectivity index (χ1n) is 10.7. The maximum Gasteiger partial charge on any atom is 0.255 e. The van der Waals surface area contributed by atoms with Crippen molar-refractivity contribution in [1.82, 2.24) is 9.62 Å². The number of amides is 2. The molecule has 178 valence electrons. The van der Waals surface area contributed by atoms with Crippen molar-refractivity contribution >= 4 is 27.5 Å². The molecule has 2 atom stereocenters. The highest BCUT2D eigenvalue weighted by Crippen LogP contribution is 2.22. The van der Waals surface area contributed by atoms with Gasteiger partial charge in [-0.25, -0.2) is 8.42 Å². The predicted molar refractivity (Wildman–Crippen MR) is 124 cm³/mol. The minimum absolute atomic E-state index is 0.0600. The van der Waals surface area contributed by atoms with Crippen molar-refractivity contribution in [2.75, 3.05) is 32.1 Å². The fraction of sp³-hybridized carbons (Fsp3) is 0.391. The third kappa shape index (κ3) is 6.31. The van der Waals surface area contributed by atoms with Crippen LogP contribution in [0.2, 0.25) is 0 Å². The number of hydrogen-bond donors (Lipinski definition) is 2. The monoisotopic (exact) mass is 475 g/mol. The summed E-state index contributed by atoms with van der Waals surface area (Å²) in [7, 11) is -2.16. The molecule has 0 saturated carbocycles. The fourth-order valence-corrected chi connectivity index (χ4v) is 5.22. The van der Waals surface area contributed by atoms with Crippen LogP contribution in [0.3, 0.4) is 0 Å². The standard InChI is InChI=1S/C23H29N3O6S/c1-16-14-26(15-17(2)32-16)33(29,30)19-10-8-18(9-11-19)25-22(27)12-13-24-23(28)20-6-4-5-7-21(20)31-3/h4-11,16-17H,12-15H2,1-3H3,(H,24,28)(H,25,27)/t16-,17+. The van der Waals surface area contributed by atoms with Crippen LogP contribution in [0.25, 0.3) is 0 Å². The number of rotatable bonds is 8. The van der Waals surface area contributed by atoms with Gasteiger partial charge in [0.05, 0.1) is 29.8 Å². The summed E-state index contributed by atoms with van der Waals surface area (Å²) in [6.45, 7) is 4.42. The van der Waals surface area contributed by atoms with Gasteiger partial charge < -0.3 is 20.1 Å². The SMILES string of the molecule is COc1ccccc1C(=O)NCCC(=O)Nc1ccc(S(=O)(=O)N2C[C@@H](C)O[C@@H](C)C2)cc1. The van der Waals surface area contributed by atoms with Crippen LogP contribution in [0, 0.1) is 0 Å². The normalized spacial score (nSPS) is 19.0. The van der Waals surface area contributed by atoms with Crippen LogP contribution >= 0.6 is 0 Å². The van der Waals surface area contributed by atoms with Gasteiger partial charge in [-0.1, -0.05) is 12.1 Å². The molecule has 1 saturated heterocycles. The van der Waals surface area contributed by atoms with Gasteiger partial charge in [0.25, 0.3) is 5.91 Å². The first-order chi connectivity index (χ1) is 15.7. The molecule has 1 aliphatic heterocycles. The second-order valence-electron chi connectivity index (χ2n) is 7.86. The van der Waals surface area contributed by atoms with Gasteiger partial charge in [0.2, 0.25) is 15.9 Å². The summed E-state index contributed by atoms with van der Waals surface area (Å²) in [6.07, 6.45) is -0.291. The van der Waals surface area contributed by atoms with Crippen LogP contribution in [0.1, 0.15) is 30.6 Å². The molecular formula is C23H29N3O6S. The number of benzene rings is 2. The Hall–Kier alpha value is -2.95. The molecule has 2 amide bonds. The van der Waals surface area contributed by atoms with Gasteiger partial charge in [-0.15, -0.1) is 0 Å². The number of carbonyl (C=O) groups is 2. The van der Waals surface area contributed by atoms with E-state index in [1.54, 1.807) is 36.4 Å². The summed E-state index contributed by atoms with van der Waals surface area (Å²) in [6, 6.07) is 12.9. The van der Waals surface area contributed by atoms with E-state index in [4.69, 9.17) is 9.47 Å². The van der Waals surface area contributed by atoms with Gasteiger partial charge in [-0.2, -0.15) is 4.31 Å². The van der Waals surface area contributed by atoms with Gasteiger partial charge in [-0.3, -0.25) is 9.59 Å². The van der Waals surface area contributed by atoms with E-state index < -0.39 is 10.0 Å². The lowest BCUT2D eigenvalue weighted by Crippen LogP contribution is -2.48. The first kappa shape index (κ1) is 24.7. The quantitative estimate of drug-likeness (QED) is 0.605. The molecule has 9 nitrogen and oxygen atoms in total. The number of ether oxygens (including phenoxy) is 2. The summed E-state index contributed by atoms with van der Waals surface area (Å²) in [4.78, 5) is 24.7. The molecule has 0 aliphatic carbocycles. The largest absolute Gasteiger partial charge is 0.496 e.